The largest absolute Gasteiger partial charge is 0.480 e. The molecule has 19 heavy (non-hydrogen) atoms. The second-order valence-electron chi connectivity index (χ2n) is 4.72. The van der Waals surface area contributed by atoms with Crippen LogP contribution < -0.4 is 0 Å². The summed E-state index contributed by atoms with van der Waals surface area (Å²) in [6.07, 6.45) is 5.71. The van der Waals surface area contributed by atoms with Crippen LogP contribution in [0.25, 0.3) is 0 Å². The average molecular weight is 282 g/mol. The molecule has 0 aliphatic carbocycles. The summed E-state index contributed by atoms with van der Waals surface area (Å²) in [6.45, 7) is 2.59. The number of carboxylic acids is 1. The van der Waals surface area contributed by atoms with Crippen LogP contribution in [0.3, 0.4) is 0 Å². The minimum absolute atomic E-state index is 0.188. The number of carbonyl (C=O) groups excluding carboxylic acids is 1. The number of carbonyl (C=O) groups is 2. The number of amides is 1. The van der Waals surface area contributed by atoms with E-state index in [2.05, 4.69) is 11.9 Å². The fraction of sp³-hybridized carbons (Fsp3) is 0.615. The van der Waals surface area contributed by atoms with Crippen molar-refractivity contribution in [2.75, 3.05) is 6.54 Å². The lowest BCUT2D eigenvalue weighted by Gasteiger charge is -2.32. The summed E-state index contributed by atoms with van der Waals surface area (Å²) in [5.41, 5.74) is 0. The molecule has 0 radical (unpaired) electrons. The maximum absolute atomic E-state index is 12.4. The average Bonchev–Trinajstić information content (AvgIpc) is 2.87. The highest BCUT2D eigenvalue weighted by Crippen LogP contribution is 2.23. The number of rotatable bonds is 4. The quantitative estimate of drug-likeness (QED) is 0.918. The lowest BCUT2D eigenvalue weighted by atomic mass is 10.0. The van der Waals surface area contributed by atoms with Crippen molar-refractivity contribution in [2.45, 2.75) is 45.1 Å². The molecule has 1 aliphatic heterocycles. The molecule has 2 heterocycles. The van der Waals surface area contributed by atoms with E-state index < -0.39 is 12.0 Å². The van der Waals surface area contributed by atoms with E-state index in [0.29, 0.717) is 17.8 Å². The van der Waals surface area contributed by atoms with Crippen LogP contribution in [-0.4, -0.2) is 39.5 Å². The summed E-state index contributed by atoms with van der Waals surface area (Å²) in [4.78, 5) is 29.8. The molecule has 1 aromatic heterocycles. The third kappa shape index (κ3) is 3.12. The first-order valence-corrected chi connectivity index (χ1v) is 7.43. The third-order valence-corrected chi connectivity index (χ3v) is 4.32. The zero-order valence-electron chi connectivity index (χ0n) is 11.0. The van der Waals surface area contributed by atoms with Crippen molar-refractivity contribution in [3.05, 3.63) is 16.1 Å². The van der Waals surface area contributed by atoms with Crippen molar-refractivity contribution in [2.24, 2.45) is 0 Å². The molecule has 1 aromatic rings. The number of piperidine rings is 1. The van der Waals surface area contributed by atoms with Crippen molar-refractivity contribution in [1.29, 1.82) is 0 Å². The number of hydrogen-bond acceptors (Lipinski definition) is 4. The molecule has 6 heteroatoms. The third-order valence-electron chi connectivity index (χ3n) is 3.28. The van der Waals surface area contributed by atoms with Crippen LogP contribution in [-0.2, 0) is 11.2 Å². The molecule has 0 unspecified atom stereocenters. The second kappa shape index (κ2) is 6.14. The smallest absolute Gasteiger partial charge is 0.326 e. The highest BCUT2D eigenvalue weighted by atomic mass is 32.1. The first kappa shape index (κ1) is 14.0. The molecule has 0 aromatic carbocycles. The van der Waals surface area contributed by atoms with Crippen molar-refractivity contribution in [3.63, 3.8) is 0 Å². The Morgan fingerprint density at radius 1 is 1.53 bits per heavy atom. The van der Waals surface area contributed by atoms with Gasteiger partial charge in [-0.2, -0.15) is 0 Å². The van der Waals surface area contributed by atoms with Crippen molar-refractivity contribution in [1.82, 2.24) is 9.88 Å². The maximum atomic E-state index is 12.4. The Balaban J connectivity index is 2.14. The van der Waals surface area contributed by atoms with E-state index in [1.165, 1.54) is 16.2 Å². The second-order valence-corrected chi connectivity index (χ2v) is 5.83. The fourth-order valence-corrected chi connectivity index (χ4v) is 3.29. The summed E-state index contributed by atoms with van der Waals surface area (Å²) in [5.74, 6) is -1.10. The summed E-state index contributed by atoms with van der Waals surface area (Å²) in [5, 5.41) is 10.1. The van der Waals surface area contributed by atoms with Gasteiger partial charge in [-0.05, 0) is 32.1 Å². The molecule has 1 N–H and O–H groups in total. The van der Waals surface area contributed by atoms with E-state index in [-0.39, 0.29) is 5.91 Å². The molecule has 2 rings (SSSR count). The molecule has 1 saturated heterocycles. The Hall–Kier alpha value is -1.43. The van der Waals surface area contributed by atoms with Gasteiger partial charge < -0.3 is 10.0 Å². The Labute approximate surface area is 116 Å². The van der Waals surface area contributed by atoms with E-state index in [0.717, 1.165) is 30.7 Å². The zero-order valence-corrected chi connectivity index (χ0v) is 11.8. The predicted molar refractivity (Wildman–Crippen MR) is 72.4 cm³/mol. The van der Waals surface area contributed by atoms with Gasteiger partial charge in [-0.15, -0.1) is 11.3 Å². The summed E-state index contributed by atoms with van der Waals surface area (Å²) < 4.78 is 0. The molecule has 104 valence electrons. The summed E-state index contributed by atoms with van der Waals surface area (Å²) >= 11 is 1.38. The minimum atomic E-state index is -0.911. The topological polar surface area (TPSA) is 70.5 Å². The molecule has 0 saturated carbocycles. The van der Waals surface area contributed by atoms with Crippen LogP contribution in [0.5, 0.6) is 0 Å². The first-order valence-electron chi connectivity index (χ1n) is 6.62. The summed E-state index contributed by atoms with van der Waals surface area (Å²) in [7, 11) is 0. The number of thiazole rings is 1. The number of likely N-dealkylation sites (tertiary alicyclic amines) is 1. The van der Waals surface area contributed by atoms with Gasteiger partial charge in [0.25, 0.3) is 5.91 Å². The van der Waals surface area contributed by atoms with E-state index in [1.807, 2.05) is 0 Å². The van der Waals surface area contributed by atoms with Gasteiger partial charge in [-0.3, -0.25) is 4.79 Å². The number of aromatic nitrogens is 1. The molecule has 1 aliphatic rings. The van der Waals surface area contributed by atoms with Gasteiger partial charge >= 0.3 is 5.97 Å². The highest BCUT2D eigenvalue weighted by molar-refractivity contribution is 7.13. The molecule has 1 atom stereocenters. The van der Waals surface area contributed by atoms with Gasteiger partial charge in [-0.25, -0.2) is 9.78 Å². The predicted octanol–water partition coefficient (Wildman–Crippen LogP) is 2.17. The molecular weight excluding hydrogens is 264 g/mol. The van der Waals surface area contributed by atoms with Gasteiger partial charge in [0.05, 0.1) is 11.2 Å². The molecule has 5 nitrogen and oxygen atoms in total. The summed E-state index contributed by atoms with van der Waals surface area (Å²) in [6, 6.07) is -0.682. The van der Waals surface area contributed by atoms with Gasteiger partial charge in [-0.1, -0.05) is 6.92 Å². The minimum Gasteiger partial charge on any atom is -0.480 e. The van der Waals surface area contributed by atoms with E-state index >= 15 is 0 Å². The van der Waals surface area contributed by atoms with E-state index in [1.54, 1.807) is 6.20 Å². The van der Waals surface area contributed by atoms with Crippen molar-refractivity contribution < 1.29 is 14.7 Å². The van der Waals surface area contributed by atoms with Gasteiger partial charge in [0.1, 0.15) is 10.9 Å². The molecule has 0 spiro atoms. The SMILES string of the molecule is CCCc1ncc(C(=O)N2CCCC[C@H]2C(=O)O)s1. The zero-order chi connectivity index (χ0) is 13.8. The van der Waals surface area contributed by atoms with Crippen molar-refractivity contribution >= 4 is 23.2 Å². The maximum Gasteiger partial charge on any atom is 0.326 e. The lowest BCUT2D eigenvalue weighted by molar-refractivity contribution is -0.143. The van der Waals surface area contributed by atoms with Crippen LogP contribution in [0.2, 0.25) is 0 Å². The Morgan fingerprint density at radius 2 is 2.32 bits per heavy atom. The molecule has 0 bridgehead atoms. The number of aliphatic carboxylic acids is 1. The number of hydrogen-bond donors (Lipinski definition) is 1. The molecule has 1 fully saturated rings. The van der Waals surface area contributed by atoms with E-state index in [4.69, 9.17) is 0 Å². The Morgan fingerprint density at radius 3 is 3.00 bits per heavy atom. The van der Waals surface area contributed by atoms with Crippen LogP contribution in [0.1, 0.15) is 47.3 Å². The van der Waals surface area contributed by atoms with Gasteiger partial charge in [0, 0.05) is 6.54 Å². The number of carboxylic acid groups (broad SMARTS) is 1. The standard InChI is InChI=1S/C13H18N2O3S/c1-2-5-11-14-8-10(19-11)12(16)15-7-4-3-6-9(15)13(17)18/h8-9H,2-7H2,1H3,(H,17,18)/t9-/m0/s1. The number of nitrogens with zero attached hydrogens (tertiary/aromatic N) is 2. The monoisotopic (exact) mass is 282 g/mol. The molecular formula is C13H18N2O3S. The highest BCUT2D eigenvalue weighted by Gasteiger charge is 2.33. The Kier molecular flexibility index (Phi) is 4.52. The van der Waals surface area contributed by atoms with Crippen LogP contribution in [0.4, 0.5) is 0 Å². The van der Waals surface area contributed by atoms with Crippen molar-refractivity contribution in [3.8, 4) is 0 Å². The number of aryl methyl sites for hydroxylation is 1. The lowest BCUT2D eigenvalue weighted by Crippen LogP contribution is -2.47. The fourth-order valence-electron chi connectivity index (χ4n) is 2.31. The van der Waals surface area contributed by atoms with Crippen LogP contribution >= 0.6 is 11.3 Å². The normalized spacial score (nSPS) is 19.4. The van der Waals surface area contributed by atoms with Crippen LogP contribution in [0.15, 0.2) is 6.20 Å². The van der Waals surface area contributed by atoms with E-state index in [9.17, 15) is 14.7 Å². The van der Waals surface area contributed by atoms with Gasteiger partial charge in [0.2, 0.25) is 0 Å². The van der Waals surface area contributed by atoms with Crippen LogP contribution in [0, 0.1) is 0 Å². The molecule has 1 amide bonds. The Bertz CT molecular complexity index is 472. The van der Waals surface area contributed by atoms with Gasteiger partial charge in [0.15, 0.2) is 0 Å². The first-order chi connectivity index (χ1) is 9.13.